The minimum absolute atomic E-state index is 0.0571. The second-order valence-electron chi connectivity index (χ2n) is 9.32. The second kappa shape index (κ2) is 8.80. The molecule has 0 saturated carbocycles. The fourth-order valence-corrected chi connectivity index (χ4v) is 4.32. The van der Waals surface area contributed by atoms with E-state index >= 15 is 0 Å². The number of alkyl carbamates (subject to hydrolysis) is 1. The number of carbonyl (C=O) groups excluding carboxylic acids is 2. The monoisotopic (exact) mass is 457 g/mol. The molecule has 2 aliphatic rings. The molecule has 1 saturated heterocycles. The zero-order chi connectivity index (χ0) is 23.8. The third kappa shape index (κ3) is 4.81. The van der Waals surface area contributed by atoms with Crippen molar-refractivity contribution >= 4 is 34.8 Å². The van der Waals surface area contributed by atoms with E-state index in [-0.39, 0.29) is 6.04 Å². The van der Waals surface area contributed by atoms with E-state index in [2.05, 4.69) is 20.3 Å². The van der Waals surface area contributed by atoms with E-state index in [1.807, 2.05) is 26.8 Å². The fraction of sp³-hybridized carbons (Fsp3) is 0.545. The summed E-state index contributed by atoms with van der Waals surface area (Å²) in [7, 11) is 1.37. The van der Waals surface area contributed by atoms with Gasteiger partial charge >= 0.3 is 12.2 Å². The number of anilines is 2. The quantitative estimate of drug-likeness (QED) is 0.720. The topological polar surface area (TPSA) is 127 Å². The highest BCUT2D eigenvalue weighted by molar-refractivity contribution is 5.88. The predicted octanol–water partition coefficient (Wildman–Crippen LogP) is 2.62. The third-order valence-corrected chi connectivity index (χ3v) is 5.72. The number of rotatable bonds is 3. The maximum absolute atomic E-state index is 12.3. The van der Waals surface area contributed by atoms with Gasteiger partial charge in [0.05, 0.1) is 18.5 Å². The molecule has 178 valence electrons. The molecule has 2 aliphatic heterocycles. The number of piperidine rings is 1. The first-order chi connectivity index (χ1) is 15.7. The van der Waals surface area contributed by atoms with Gasteiger partial charge < -0.3 is 25.4 Å². The molecule has 0 aliphatic carbocycles. The van der Waals surface area contributed by atoms with Crippen LogP contribution in [0.3, 0.4) is 0 Å². The highest BCUT2D eigenvalue weighted by atomic mass is 16.6. The second-order valence-corrected chi connectivity index (χ2v) is 9.32. The first kappa shape index (κ1) is 22.7. The number of amides is 2. The molecule has 0 aromatic carbocycles. The van der Waals surface area contributed by atoms with Gasteiger partial charge in [-0.2, -0.15) is 5.10 Å². The van der Waals surface area contributed by atoms with E-state index in [4.69, 9.17) is 15.2 Å². The van der Waals surface area contributed by atoms with Crippen LogP contribution in [-0.2, 0) is 9.47 Å². The van der Waals surface area contributed by atoms with Crippen LogP contribution in [0.4, 0.5) is 21.1 Å². The lowest BCUT2D eigenvalue weighted by Crippen LogP contribution is -2.49. The lowest BCUT2D eigenvalue weighted by atomic mass is 10.0. The maximum Gasteiger partial charge on any atom is 0.413 e. The average molecular weight is 458 g/mol. The Morgan fingerprint density at radius 1 is 1.27 bits per heavy atom. The summed E-state index contributed by atoms with van der Waals surface area (Å²) in [5.41, 5.74) is 9.13. The van der Waals surface area contributed by atoms with Gasteiger partial charge in [-0.1, -0.05) is 0 Å². The van der Waals surface area contributed by atoms with E-state index in [1.54, 1.807) is 15.6 Å². The van der Waals surface area contributed by atoms with Crippen molar-refractivity contribution in [3.8, 4) is 0 Å². The summed E-state index contributed by atoms with van der Waals surface area (Å²) in [5.74, 6) is 0.372. The molecule has 0 spiro atoms. The number of hydrogen-bond donors (Lipinski definition) is 2. The van der Waals surface area contributed by atoms with E-state index in [0.29, 0.717) is 30.8 Å². The fourth-order valence-electron chi connectivity index (χ4n) is 4.32. The molecule has 0 bridgehead atoms. The molecule has 1 fully saturated rings. The number of nitrogens with zero attached hydrogens (tertiary/aromatic N) is 5. The first-order valence-electron chi connectivity index (χ1n) is 11.1. The number of hydrogen-bond acceptors (Lipinski definition) is 8. The molecule has 11 nitrogen and oxygen atoms in total. The highest BCUT2D eigenvalue weighted by Crippen LogP contribution is 2.36. The van der Waals surface area contributed by atoms with E-state index in [9.17, 15) is 9.59 Å². The van der Waals surface area contributed by atoms with Gasteiger partial charge in [-0.05, 0) is 51.7 Å². The maximum atomic E-state index is 12.3. The van der Waals surface area contributed by atoms with Crippen LogP contribution in [0.25, 0.3) is 11.1 Å². The van der Waals surface area contributed by atoms with Gasteiger partial charge in [0.1, 0.15) is 17.4 Å². The standard InChI is InChI=1S/C22H31N7O4/c1-22(2,3)33-20(30)26-15-6-5-8-27(12-15)17-10-16(29-18(17)19(23)24-13-25-29)14-7-9-28(11-14)21(31)32-4/h10-11,13,15H,5-9,12H2,1-4H3,(H,26,30)(H2,23,24,25)/t15-/m1/s1. The number of nitrogens with two attached hydrogens (primary N) is 1. The van der Waals surface area contributed by atoms with Gasteiger partial charge in [0.15, 0.2) is 5.82 Å². The lowest BCUT2D eigenvalue weighted by Gasteiger charge is -2.34. The molecular formula is C22H31N7O4. The number of nitrogens with one attached hydrogen (secondary N) is 1. The van der Waals surface area contributed by atoms with Crippen LogP contribution in [0, 0.1) is 0 Å². The normalized spacial score (nSPS) is 18.9. The van der Waals surface area contributed by atoms with Crippen LogP contribution in [0.5, 0.6) is 0 Å². The van der Waals surface area contributed by atoms with Crippen LogP contribution >= 0.6 is 0 Å². The molecule has 2 amide bonds. The Morgan fingerprint density at radius 2 is 2.06 bits per heavy atom. The van der Waals surface area contributed by atoms with Crippen LogP contribution < -0.4 is 16.0 Å². The Balaban J connectivity index is 1.62. The van der Waals surface area contributed by atoms with E-state index in [0.717, 1.165) is 36.3 Å². The summed E-state index contributed by atoms with van der Waals surface area (Å²) < 4.78 is 12.0. The Bertz CT molecular complexity index is 1090. The SMILES string of the molecule is COC(=O)N1C=C(c2cc(N3CCC[C@@H](NC(=O)OC(C)(C)C)C3)c3c(N)ncnn23)CC1. The summed E-state index contributed by atoms with van der Waals surface area (Å²) in [6.45, 7) is 7.49. The predicted molar refractivity (Wildman–Crippen MR) is 124 cm³/mol. The summed E-state index contributed by atoms with van der Waals surface area (Å²) >= 11 is 0. The number of aromatic nitrogens is 3. The molecule has 4 rings (SSSR count). The Hall–Kier alpha value is -3.50. The number of fused-ring (bicyclic) bond motifs is 1. The zero-order valence-corrected chi connectivity index (χ0v) is 19.5. The van der Waals surface area contributed by atoms with Crippen LogP contribution in [0.15, 0.2) is 18.6 Å². The van der Waals surface area contributed by atoms with Gasteiger partial charge in [0.2, 0.25) is 0 Å². The van der Waals surface area contributed by atoms with Crippen LogP contribution in [-0.4, -0.2) is 70.1 Å². The van der Waals surface area contributed by atoms with Crippen molar-refractivity contribution in [1.29, 1.82) is 0 Å². The molecule has 11 heteroatoms. The number of methoxy groups -OCH3 is 1. The van der Waals surface area contributed by atoms with Gasteiger partial charge in [0.25, 0.3) is 0 Å². The Labute approximate surface area is 192 Å². The molecule has 0 unspecified atom stereocenters. The van der Waals surface area contributed by atoms with Crippen molar-refractivity contribution in [2.45, 2.75) is 51.7 Å². The lowest BCUT2D eigenvalue weighted by molar-refractivity contribution is 0.0500. The van der Waals surface area contributed by atoms with E-state index in [1.165, 1.54) is 13.4 Å². The minimum atomic E-state index is -0.551. The number of nitrogen functional groups attached to an aromatic ring is 1. The highest BCUT2D eigenvalue weighted by Gasteiger charge is 2.29. The van der Waals surface area contributed by atoms with Crippen molar-refractivity contribution in [3.05, 3.63) is 24.3 Å². The third-order valence-electron chi connectivity index (χ3n) is 5.72. The van der Waals surface area contributed by atoms with Crippen molar-refractivity contribution in [2.75, 3.05) is 37.4 Å². The summed E-state index contributed by atoms with van der Waals surface area (Å²) in [5, 5.41) is 7.42. The minimum Gasteiger partial charge on any atom is -0.452 e. The van der Waals surface area contributed by atoms with Crippen molar-refractivity contribution < 1.29 is 19.1 Å². The van der Waals surface area contributed by atoms with Gasteiger partial charge in [0, 0.05) is 31.9 Å². The molecule has 4 heterocycles. The van der Waals surface area contributed by atoms with E-state index < -0.39 is 17.8 Å². The average Bonchev–Trinajstić information content (AvgIpc) is 3.37. The van der Waals surface area contributed by atoms with Gasteiger partial charge in [-0.15, -0.1) is 0 Å². The molecule has 3 N–H and O–H groups in total. The van der Waals surface area contributed by atoms with Crippen LogP contribution in [0.2, 0.25) is 0 Å². The molecule has 1 atom stereocenters. The van der Waals surface area contributed by atoms with Gasteiger partial charge in [-0.25, -0.2) is 19.1 Å². The summed E-state index contributed by atoms with van der Waals surface area (Å²) in [4.78, 5) is 32.1. The van der Waals surface area contributed by atoms with Crippen LogP contribution in [0.1, 0.15) is 45.7 Å². The summed E-state index contributed by atoms with van der Waals surface area (Å²) in [6.07, 6.45) is 4.84. The number of ether oxygens (including phenoxy) is 2. The summed E-state index contributed by atoms with van der Waals surface area (Å²) in [6, 6.07) is 1.97. The first-order valence-corrected chi connectivity index (χ1v) is 11.1. The molecule has 33 heavy (non-hydrogen) atoms. The smallest absolute Gasteiger partial charge is 0.413 e. The van der Waals surface area contributed by atoms with Crippen molar-refractivity contribution in [2.24, 2.45) is 0 Å². The largest absolute Gasteiger partial charge is 0.452 e. The Morgan fingerprint density at radius 3 is 2.79 bits per heavy atom. The molecule has 2 aromatic rings. The Kier molecular flexibility index (Phi) is 6.05. The van der Waals surface area contributed by atoms with Crippen molar-refractivity contribution in [3.63, 3.8) is 0 Å². The molecule has 0 radical (unpaired) electrons. The molecule has 2 aromatic heterocycles. The zero-order valence-electron chi connectivity index (χ0n) is 19.5. The van der Waals surface area contributed by atoms with Crippen molar-refractivity contribution in [1.82, 2.24) is 24.8 Å². The van der Waals surface area contributed by atoms with Gasteiger partial charge in [-0.3, -0.25) is 4.90 Å². The molecular weight excluding hydrogens is 426 g/mol. The number of carbonyl (C=O) groups is 2.